The lowest BCUT2D eigenvalue weighted by atomic mass is 10.2. The van der Waals surface area contributed by atoms with E-state index in [-0.39, 0.29) is 11.6 Å². The van der Waals surface area contributed by atoms with Crippen molar-refractivity contribution in [3.05, 3.63) is 76.8 Å². The molecule has 0 saturated carbocycles. The van der Waals surface area contributed by atoms with Crippen LogP contribution >= 0.6 is 0 Å². The van der Waals surface area contributed by atoms with E-state index < -0.39 is 4.92 Å². The summed E-state index contributed by atoms with van der Waals surface area (Å²) in [5.74, 6) is 1.19. The van der Waals surface area contributed by atoms with Gasteiger partial charge in [-0.15, -0.1) is 15.3 Å². The Hall–Kier alpha value is -3.81. The monoisotopic (exact) mass is 333 g/mol. The van der Waals surface area contributed by atoms with E-state index in [1.165, 1.54) is 12.1 Å². The summed E-state index contributed by atoms with van der Waals surface area (Å²) in [7, 11) is 0. The lowest BCUT2D eigenvalue weighted by molar-refractivity contribution is -0.384. The topological polar surface area (TPSA) is 95.5 Å². The van der Waals surface area contributed by atoms with E-state index in [1.807, 2.05) is 30.3 Å². The number of fused-ring (bicyclic) bond motifs is 1. The molecule has 8 nitrogen and oxygen atoms in total. The van der Waals surface area contributed by atoms with Crippen LogP contribution in [0.3, 0.4) is 0 Å². The predicted octanol–water partition coefficient (Wildman–Crippen LogP) is 3.49. The quantitative estimate of drug-likeness (QED) is 0.419. The van der Waals surface area contributed by atoms with E-state index in [9.17, 15) is 10.1 Å². The molecule has 0 unspecified atom stereocenters. The number of nitro groups is 1. The van der Waals surface area contributed by atoms with Crippen LogP contribution < -0.4 is 4.74 Å². The maximum absolute atomic E-state index is 10.9. The van der Waals surface area contributed by atoms with Crippen LogP contribution in [-0.4, -0.2) is 24.7 Å². The Kier molecular flexibility index (Phi) is 3.55. The van der Waals surface area contributed by atoms with Crippen LogP contribution in [0, 0.1) is 10.1 Å². The third kappa shape index (κ3) is 2.88. The molecule has 122 valence electrons. The number of benzene rings is 2. The first-order chi connectivity index (χ1) is 12.2. The Morgan fingerprint density at radius 2 is 1.80 bits per heavy atom. The highest BCUT2D eigenvalue weighted by atomic mass is 16.6. The minimum atomic E-state index is -0.475. The summed E-state index contributed by atoms with van der Waals surface area (Å²) in [6.45, 7) is 0. The maximum Gasteiger partial charge on any atom is 0.273 e. The molecule has 2 aromatic heterocycles. The highest BCUT2D eigenvalue weighted by molar-refractivity contribution is 5.58. The van der Waals surface area contributed by atoms with Crippen molar-refractivity contribution in [3.8, 4) is 23.0 Å². The number of hydrogen-bond acceptors (Lipinski definition) is 6. The van der Waals surface area contributed by atoms with Gasteiger partial charge < -0.3 is 4.74 Å². The van der Waals surface area contributed by atoms with E-state index in [0.29, 0.717) is 17.2 Å². The SMILES string of the molecule is O=[N+]([O-])c1cccc(Oc2ccc3nnc(-c4ccccc4)n3n2)c1. The molecule has 4 aromatic rings. The number of aromatic nitrogens is 4. The van der Waals surface area contributed by atoms with Crippen molar-refractivity contribution in [2.45, 2.75) is 0 Å². The maximum atomic E-state index is 10.9. The number of nitrogens with zero attached hydrogens (tertiary/aromatic N) is 5. The number of hydrogen-bond donors (Lipinski definition) is 0. The van der Waals surface area contributed by atoms with Gasteiger partial charge in [0.25, 0.3) is 5.69 Å². The van der Waals surface area contributed by atoms with Gasteiger partial charge in [-0.2, -0.15) is 4.52 Å². The molecule has 0 aliphatic rings. The second kappa shape index (κ2) is 6.00. The number of non-ortho nitro benzene ring substituents is 1. The molecular weight excluding hydrogens is 322 g/mol. The average Bonchev–Trinajstić information content (AvgIpc) is 3.06. The summed E-state index contributed by atoms with van der Waals surface area (Å²) in [6, 6.07) is 18.8. The highest BCUT2D eigenvalue weighted by Gasteiger charge is 2.12. The van der Waals surface area contributed by atoms with Crippen molar-refractivity contribution < 1.29 is 9.66 Å². The summed E-state index contributed by atoms with van der Waals surface area (Å²) in [4.78, 5) is 10.4. The van der Waals surface area contributed by atoms with Gasteiger partial charge in [-0.3, -0.25) is 10.1 Å². The van der Waals surface area contributed by atoms with Crippen molar-refractivity contribution in [3.63, 3.8) is 0 Å². The van der Waals surface area contributed by atoms with Gasteiger partial charge in [-0.25, -0.2) is 0 Å². The molecular formula is C17H11N5O3. The van der Waals surface area contributed by atoms with Gasteiger partial charge in [0.2, 0.25) is 5.88 Å². The van der Waals surface area contributed by atoms with E-state index in [0.717, 1.165) is 5.56 Å². The van der Waals surface area contributed by atoms with Gasteiger partial charge in [-0.1, -0.05) is 36.4 Å². The fourth-order valence-corrected chi connectivity index (χ4v) is 2.38. The Morgan fingerprint density at radius 1 is 0.960 bits per heavy atom. The van der Waals surface area contributed by atoms with Crippen molar-refractivity contribution in [2.75, 3.05) is 0 Å². The van der Waals surface area contributed by atoms with Crippen LogP contribution in [0.5, 0.6) is 11.6 Å². The van der Waals surface area contributed by atoms with Crippen molar-refractivity contribution in [2.24, 2.45) is 0 Å². The molecule has 0 bridgehead atoms. The van der Waals surface area contributed by atoms with Gasteiger partial charge in [-0.05, 0) is 12.1 Å². The smallest absolute Gasteiger partial charge is 0.273 e. The number of rotatable bonds is 4. The Morgan fingerprint density at radius 3 is 2.60 bits per heavy atom. The van der Waals surface area contributed by atoms with Crippen molar-refractivity contribution in [1.29, 1.82) is 0 Å². The fraction of sp³-hybridized carbons (Fsp3) is 0. The zero-order valence-electron chi connectivity index (χ0n) is 12.8. The van der Waals surface area contributed by atoms with Crippen LogP contribution in [0.25, 0.3) is 17.0 Å². The molecule has 2 heterocycles. The van der Waals surface area contributed by atoms with Crippen molar-refractivity contribution >= 4 is 11.3 Å². The molecule has 0 saturated heterocycles. The number of ether oxygens (including phenoxy) is 1. The van der Waals surface area contributed by atoms with Gasteiger partial charge in [0.15, 0.2) is 11.5 Å². The summed E-state index contributed by atoms with van der Waals surface area (Å²) in [5.41, 5.74) is 1.40. The zero-order valence-corrected chi connectivity index (χ0v) is 12.8. The molecule has 0 atom stereocenters. The van der Waals surface area contributed by atoms with Crippen LogP contribution in [0.15, 0.2) is 66.7 Å². The Labute approximate surface area is 141 Å². The zero-order chi connectivity index (χ0) is 17.2. The lowest BCUT2D eigenvalue weighted by Crippen LogP contribution is -1.98. The first kappa shape index (κ1) is 14.8. The molecule has 0 aliphatic carbocycles. The first-order valence-corrected chi connectivity index (χ1v) is 7.41. The van der Waals surface area contributed by atoms with E-state index in [4.69, 9.17) is 4.74 Å². The van der Waals surface area contributed by atoms with Gasteiger partial charge >= 0.3 is 0 Å². The average molecular weight is 333 g/mol. The van der Waals surface area contributed by atoms with Crippen LogP contribution in [0.4, 0.5) is 5.69 Å². The Bertz CT molecular complexity index is 1060. The minimum absolute atomic E-state index is 0.0483. The van der Waals surface area contributed by atoms with Gasteiger partial charge in [0.1, 0.15) is 5.75 Å². The van der Waals surface area contributed by atoms with Crippen LogP contribution in [0.1, 0.15) is 0 Å². The van der Waals surface area contributed by atoms with Gasteiger partial charge in [0, 0.05) is 17.7 Å². The van der Waals surface area contributed by atoms with E-state index >= 15 is 0 Å². The normalized spacial score (nSPS) is 10.7. The summed E-state index contributed by atoms with van der Waals surface area (Å²) in [6.07, 6.45) is 0. The largest absolute Gasteiger partial charge is 0.437 e. The molecule has 0 N–H and O–H groups in total. The van der Waals surface area contributed by atoms with Crippen LogP contribution in [0.2, 0.25) is 0 Å². The molecule has 8 heteroatoms. The number of nitro benzene ring substituents is 1. The molecule has 0 amide bonds. The van der Waals surface area contributed by atoms with Crippen LogP contribution in [-0.2, 0) is 0 Å². The van der Waals surface area contributed by atoms with E-state index in [1.54, 1.807) is 28.8 Å². The van der Waals surface area contributed by atoms with Crippen molar-refractivity contribution in [1.82, 2.24) is 19.8 Å². The Balaban J connectivity index is 1.72. The molecule has 0 spiro atoms. The summed E-state index contributed by atoms with van der Waals surface area (Å²) < 4.78 is 7.22. The highest BCUT2D eigenvalue weighted by Crippen LogP contribution is 2.25. The summed E-state index contributed by atoms with van der Waals surface area (Å²) >= 11 is 0. The molecule has 25 heavy (non-hydrogen) atoms. The minimum Gasteiger partial charge on any atom is -0.437 e. The van der Waals surface area contributed by atoms with E-state index in [2.05, 4.69) is 15.3 Å². The first-order valence-electron chi connectivity index (χ1n) is 7.41. The molecule has 2 aromatic carbocycles. The van der Waals surface area contributed by atoms with Gasteiger partial charge in [0.05, 0.1) is 11.0 Å². The molecule has 0 radical (unpaired) electrons. The standard InChI is InChI=1S/C17H11N5O3/c23-22(24)13-7-4-8-14(11-13)25-16-10-9-15-18-19-17(21(15)20-16)12-5-2-1-3-6-12/h1-11H. The third-order valence-electron chi connectivity index (χ3n) is 3.52. The second-order valence-electron chi connectivity index (χ2n) is 5.19. The fourth-order valence-electron chi connectivity index (χ4n) is 2.38. The third-order valence-corrected chi connectivity index (χ3v) is 3.52. The molecule has 0 fully saturated rings. The predicted molar refractivity (Wildman–Crippen MR) is 89.4 cm³/mol. The molecule has 0 aliphatic heterocycles. The summed E-state index contributed by atoms with van der Waals surface area (Å²) in [5, 5.41) is 23.5. The second-order valence-corrected chi connectivity index (χ2v) is 5.19. The lowest BCUT2D eigenvalue weighted by Gasteiger charge is -2.05. The molecule has 4 rings (SSSR count).